The Morgan fingerprint density at radius 3 is 2.65 bits per heavy atom. The van der Waals surface area contributed by atoms with Gasteiger partial charge in [0, 0.05) is 24.8 Å². The SMILES string of the molecule is Cc1cc(NCc2ccccc2CN)ncn1. The van der Waals surface area contributed by atoms with Gasteiger partial charge in [0.15, 0.2) is 0 Å². The summed E-state index contributed by atoms with van der Waals surface area (Å²) in [6.45, 7) is 3.23. The van der Waals surface area contributed by atoms with Gasteiger partial charge in [-0.2, -0.15) is 0 Å². The van der Waals surface area contributed by atoms with Crippen molar-refractivity contribution < 1.29 is 0 Å². The molecule has 0 aliphatic carbocycles. The molecule has 1 heterocycles. The highest BCUT2D eigenvalue weighted by Crippen LogP contribution is 2.10. The first-order chi connectivity index (χ1) is 8.29. The largest absolute Gasteiger partial charge is 0.366 e. The molecule has 0 unspecified atom stereocenters. The first kappa shape index (κ1) is 11.5. The summed E-state index contributed by atoms with van der Waals surface area (Å²) in [6.07, 6.45) is 1.56. The van der Waals surface area contributed by atoms with Crippen LogP contribution in [-0.4, -0.2) is 9.97 Å². The minimum absolute atomic E-state index is 0.556. The standard InChI is InChI=1S/C13H16N4/c1-10-6-13(17-9-16-10)15-8-12-5-3-2-4-11(12)7-14/h2-6,9H,7-8,14H2,1H3,(H,15,16,17). The van der Waals surface area contributed by atoms with Crippen LogP contribution in [0.4, 0.5) is 5.82 Å². The Hall–Kier alpha value is -1.94. The third-order valence-corrected chi connectivity index (χ3v) is 2.60. The summed E-state index contributed by atoms with van der Waals surface area (Å²) in [5, 5.41) is 3.27. The maximum Gasteiger partial charge on any atom is 0.129 e. The molecule has 0 fully saturated rings. The first-order valence-electron chi connectivity index (χ1n) is 5.59. The highest BCUT2D eigenvalue weighted by Gasteiger charge is 2.00. The van der Waals surface area contributed by atoms with E-state index in [1.807, 2.05) is 31.2 Å². The molecule has 2 aromatic rings. The van der Waals surface area contributed by atoms with Crippen LogP contribution < -0.4 is 11.1 Å². The van der Waals surface area contributed by atoms with Crippen LogP contribution in [0.3, 0.4) is 0 Å². The molecule has 0 spiro atoms. The molecular weight excluding hydrogens is 212 g/mol. The van der Waals surface area contributed by atoms with E-state index in [9.17, 15) is 0 Å². The van der Waals surface area contributed by atoms with Gasteiger partial charge in [-0.1, -0.05) is 24.3 Å². The van der Waals surface area contributed by atoms with Crippen LogP contribution in [-0.2, 0) is 13.1 Å². The van der Waals surface area contributed by atoms with Crippen LogP contribution in [0.2, 0.25) is 0 Å². The molecule has 0 amide bonds. The second kappa shape index (κ2) is 5.41. The maximum absolute atomic E-state index is 5.69. The monoisotopic (exact) mass is 228 g/mol. The van der Waals surface area contributed by atoms with Crippen molar-refractivity contribution in [3.63, 3.8) is 0 Å². The van der Waals surface area contributed by atoms with Gasteiger partial charge >= 0.3 is 0 Å². The molecule has 88 valence electrons. The Balaban J connectivity index is 2.07. The molecular formula is C13H16N4. The van der Waals surface area contributed by atoms with Gasteiger partial charge in [-0.25, -0.2) is 9.97 Å². The Bertz CT molecular complexity index is 496. The number of nitrogens with two attached hydrogens (primary N) is 1. The zero-order valence-electron chi connectivity index (χ0n) is 9.85. The lowest BCUT2D eigenvalue weighted by atomic mass is 10.1. The predicted molar refractivity (Wildman–Crippen MR) is 68.4 cm³/mol. The number of benzene rings is 1. The van der Waals surface area contributed by atoms with E-state index in [1.54, 1.807) is 6.33 Å². The van der Waals surface area contributed by atoms with Crippen molar-refractivity contribution in [2.75, 3.05) is 5.32 Å². The van der Waals surface area contributed by atoms with Crippen LogP contribution in [0, 0.1) is 6.92 Å². The van der Waals surface area contributed by atoms with Crippen LogP contribution in [0.5, 0.6) is 0 Å². The highest BCUT2D eigenvalue weighted by molar-refractivity contribution is 5.37. The third-order valence-electron chi connectivity index (χ3n) is 2.60. The summed E-state index contributed by atoms with van der Waals surface area (Å²) < 4.78 is 0. The molecule has 4 heteroatoms. The molecule has 0 saturated heterocycles. The molecule has 2 rings (SSSR count). The van der Waals surface area contributed by atoms with E-state index in [0.29, 0.717) is 6.54 Å². The number of hydrogen-bond acceptors (Lipinski definition) is 4. The molecule has 0 bridgehead atoms. The fraction of sp³-hybridized carbons (Fsp3) is 0.231. The second-order valence-corrected chi connectivity index (χ2v) is 3.87. The van der Waals surface area contributed by atoms with E-state index < -0.39 is 0 Å². The lowest BCUT2D eigenvalue weighted by Crippen LogP contribution is -2.07. The van der Waals surface area contributed by atoms with Crippen molar-refractivity contribution in [2.45, 2.75) is 20.0 Å². The predicted octanol–water partition coefficient (Wildman–Crippen LogP) is 1.86. The zero-order valence-corrected chi connectivity index (χ0v) is 9.85. The van der Waals surface area contributed by atoms with E-state index in [1.165, 1.54) is 5.56 Å². The summed E-state index contributed by atoms with van der Waals surface area (Å²) in [4.78, 5) is 8.21. The van der Waals surface area contributed by atoms with Crippen LogP contribution in [0.15, 0.2) is 36.7 Å². The van der Waals surface area contributed by atoms with Gasteiger partial charge in [-0.05, 0) is 18.1 Å². The van der Waals surface area contributed by atoms with Gasteiger partial charge < -0.3 is 11.1 Å². The smallest absolute Gasteiger partial charge is 0.129 e. The number of anilines is 1. The van der Waals surface area contributed by atoms with Crippen LogP contribution in [0.1, 0.15) is 16.8 Å². The average Bonchev–Trinajstić information content (AvgIpc) is 2.37. The number of hydrogen-bond donors (Lipinski definition) is 2. The number of nitrogens with one attached hydrogen (secondary N) is 1. The lowest BCUT2D eigenvalue weighted by molar-refractivity contribution is 0.994. The number of rotatable bonds is 4. The van der Waals surface area contributed by atoms with Crippen LogP contribution >= 0.6 is 0 Å². The second-order valence-electron chi connectivity index (χ2n) is 3.87. The minimum atomic E-state index is 0.556. The van der Waals surface area contributed by atoms with Gasteiger partial charge in [0.05, 0.1) is 0 Å². The first-order valence-corrected chi connectivity index (χ1v) is 5.59. The Morgan fingerprint density at radius 1 is 1.18 bits per heavy atom. The van der Waals surface area contributed by atoms with Gasteiger partial charge in [0.25, 0.3) is 0 Å². The van der Waals surface area contributed by atoms with Gasteiger partial charge in [0.1, 0.15) is 12.1 Å². The minimum Gasteiger partial charge on any atom is -0.366 e. The topological polar surface area (TPSA) is 63.8 Å². The van der Waals surface area contributed by atoms with Gasteiger partial charge in [0.2, 0.25) is 0 Å². The molecule has 0 atom stereocenters. The summed E-state index contributed by atoms with van der Waals surface area (Å²) in [5.41, 5.74) is 9.00. The molecule has 17 heavy (non-hydrogen) atoms. The molecule has 3 N–H and O–H groups in total. The van der Waals surface area contributed by atoms with E-state index in [4.69, 9.17) is 5.73 Å². The molecule has 1 aromatic heterocycles. The van der Waals surface area contributed by atoms with Crippen molar-refractivity contribution >= 4 is 5.82 Å². The molecule has 0 aliphatic rings. The molecule has 4 nitrogen and oxygen atoms in total. The molecule has 0 radical (unpaired) electrons. The normalized spacial score (nSPS) is 10.2. The van der Waals surface area contributed by atoms with Crippen molar-refractivity contribution in [1.29, 1.82) is 0 Å². The maximum atomic E-state index is 5.69. The summed E-state index contributed by atoms with van der Waals surface area (Å²) >= 11 is 0. The van der Waals surface area contributed by atoms with Crippen LogP contribution in [0.25, 0.3) is 0 Å². The third kappa shape index (κ3) is 3.01. The summed E-state index contributed by atoms with van der Waals surface area (Å²) in [7, 11) is 0. The van der Waals surface area contributed by atoms with E-state index >= 15 is 0 Å². The Kier molecular flexibility index (Phi) is 3.67. The molecule has 1 aromatic carbocycles. The molecule has 0 aliphatic heterocycles. The number of nitrogens with zero attached hydrogens (tertiary/aromatic N) is 2. The van der Waals surface area contributed by atoms with E-state index in [2.05, 4.69) is 21.4 Å². The quantitative estimate of drug-likeness (QED) is 0.838. The van der Waals surface area contributed by atoms with Gasteiger partial charge in [-0.15, -0.1) is 0 Å². The van der Waals surface area contributed by atoms with Crippen molar-refractivity contribution in [3.05, 3.63) is 53.5 Å². The highest BCUT2D eigenvalue weighted by atomic mass is 15.0. The number of aryl methyl sites for hydroxylation is 1. The summed E-state index contributed by atoms with van der Waals surface area (Å²) in [6, 6.07) is 10.1. The van der Waals surface area contributed by atoms with Crippen molar-refractivity contribution in [1.82, 2.24) is 9.97 Å². The van der Waals surface area contributed by atoms with Gasteiger partial charge in [-0.3, -0.25) is 0 Å². The average molecular weight is 228 g/mol. The Morgan fingerprint density at radius 2 is 1.94 bits per heavy atom. The molecule has 0 saturated carbocycles. The van der Waals surface area contributed by atoms with Crippen molar-refractivity contribution in [2.24, 2.45) is 5.73 Å². The van der Waals surface area contributed by atoms with E-state index in [-0.39, 0.29) is 0 Å². The number of aromatic nitrogens is 2. The van der Waals surface area contributed by atoms with Crippen molar-refractivity contribution in [3.8, 4) is 0 Å². The Labute approximate surface area is 101 Å². The zero-order chi connectivity index (χ0) is 12.1. The summed E-state index contributed by atoms with van der Waals surface area (Å²) in [5.74, 6) is 0.837. The fourth-order valence-corrected chi connectivity index (χ4v) is 1.67. The van der Waals surface area contributed by atoms with E-state index in [0.717, 1.165) is 23.6 Å². The fourth-order valence-electron chi connectivity index (χ4n) is 1.67. The lowest BCUT2D eigenvalue weighted by Gasteiger charge is -2.09.